The van der Waals surface area contributed by atoms with Crippen LogP contribution in [-0.2, 0) is 6.42 Å². The molecule has 0 aliphatic carbocycles. The molecule has 1 aromatic heterocycles. The van der Waals surface area contributed by atoms with Crippen molar-refractivity contribution in [3.8, 4) is 5.69 Å². The number of nitrogens with zero attached hydrogens (tertiary/aromatic N) is 3. The van der Waals surface area contributed by atoms with Gasteiger partial charge in [0.2, 0.25) is 0 Å². The first kappa shape index (κ1) is 12.2. The number of benzene rings is 2. The first-order valence-corrected chi connectivity index (χ1v) is 6.89. The van der Waals surface area contributed by atoms with Crippen LogP contribution in [0.4, 0.5) is 5.82 Å². The SMILES string of the molecule is CCc1c(N)nnn1-c1ccc(Br)c2ccccc12. The smallest absolute Gasteiger partial charge is 0.169 e. The third-order valence-electron chi connectivity index (χ3n) is 3.20. The van der Waals surface area contributed by atoms with Crippen LogP contribution in [0, 0.1) is 0 Å². The predicted octanol–water partition coefficient (Wildman–Crippen LogP) is 3.33. The number of fused-ring (bicyclic) bond motifs is 1. The molecule has 4 nitrogen and oxygen atoms in total. The Morgan fingerprint density at radius 1 is 1.16 bits per heavy atom. The summed E-state index contributed by atoms with van der Waals surface area (Å²) in [5.41, 5.74) is 7.80. The Labute approximate surface area is 119 Å². The molecule has 0 bridgehead atoms. The number of halogens is 1. The second-order valence-electron chi connectivity index (χ2n) is 4.30. The minimum Gasteiger partial charge on any atom is -0.381 e. The number of aromatic nitrogens is 3. The molecular weight excluding hydrogens is 304 g/mol. The van der Waals surface area contributed by atoms with Crippen molar-refractivity contribution in [2.75, 3.05) is 5.73 Å². The van der Waals surface area contributed by atoms with E-state index in [9.17, 15) is 0 Å². The minimum absolute atomic E-state index is 0.495. The predicted molar refractivity (Wildman–Crippen MR) is 80.4 cm³/mol. The van der Waals surface area contributed by atoms with Gasteiger partial charge in [-0.2, -0.15) is 0 Å². The summed E-state index contributed by atoms with van der Waals surface area (Å²) in [5, 5.41) is 10.4. The molecule has 1 heterocycles. The summed E-state index contributed by atoms with van der Waals surface area (Å²) in [5.74, 6) is 0.495. The summed E-state index contributed by atoms with van der Waals surface area (Å²) in [4.78, 5) is 0. The second kappa shape index (κ2) is 4.66. The van der Waals surface area contributed by atoms with Crippen LogP contribution in [0.5, 0.6) is 0 Å². The Kier molecular flexibility index (Phi) is 2.98. The molecule has 0 unspecified atom stereocenters. The van der Waals surface area contributed by atoms with Crippen LogP contribution in [-0.4, -0.2) is 15.0 Å². The lowest BCUT2D eigenvalue weighted by molar-refractivity contribution is 0.772. The summed E-state index contributed by atoms with van der Waals surface area (Å²) < 4.78 is 2.89. The zero-order valence-electron chi connectivity index (χ0n) is 10.5. The molecule has 0 spiro atoms. The highest BCUT2D eigenvalue weighted by Crippen LogP contribution is 2.29. The van der Waals surface area contributed by atoms with Gasteiger partial charge >= 0.3 is 0 Å². The van der Waals surface area contributed by atoms with Gasteiger partial charge in [0.05, 0.1) is 11.4 Å². The highest BCUT2D eigenvalue weighted by Gasteiger charge is 2.13. The van der Waals surface area contributed by atoms with Crippen LogP contribution in [0.25, 0.3) is 16.5 Å². The number of hydrogen-bond donors (Lipinski definition) is 1. The number of nitrogen functional groups attached to an aromatic ring is 1. The Balaban J connectivity index is 2.34. The maximum atomic E-state index is 5.86. The molecule has 0 saturated carbocycles. The topological polar surface area (TPSA) is 56.7 Å². The summed E-state index contributed by atoms with van der Waals surface area (Å²) in [7, 11) is 0. The Morgan fingerprint density at radius 3 is 2.63 bits per heavy atom. The summed E-state index contributed by atoms with van der Waals surface area (Å²) >= 11 is 3.57. The van der Waals surface area contributed by atoms with E-state index in [2.05, 4.69) is 38.4 Å². The lowest BCUT2D eigenvalue weighted by Gasteiger charge is -2.10. The van der Waals surface area contributed by atoms with E-state index >= 15 is 0 Å². The van der Waals surface area contributed by atoms with Crippen molar-refractivity contribution in [1.29, 1.82) is 0 Å². The number of hydrogen-bond acceptors (Lipinski definition) is 3. The fourth-order valence-electron chi connectivity index (χ4n) is 2.27. The minimum atomic E-state index is 0.495. The van der Waals surface area contributed by atoms with E-state index in [1.54, 1.807) is 0 Å². The molecule has 0 fully saturated rings. The van der Waals surface area contributed by atoms with Gasteiger partial charge in [0.15, 0.2) is 5.82 Å². The van der Waals surface area contributed by atoms with Crippen molar-refractivity contribution in [2.45, 2.75) is 13.3 Å². The lowest BCUT2D eigenvalue weighted by Crippen LogP contribution is -2.03. The molecular formula is C14H13BrN4. The summed E-state index contributed by atoms with van der Waals surface area (Å²) in [6.07, 6.45) is 0.795. The highest BCUT2D eigenvalue weighted by molar-refractivity contribution is 9.10. The van der Waals surface area contributed by atoms with Gasteiger partial charge in [0.1, 0.15) is 0 Å². The summed E-state index contributed by atoms with van der Waals surface area (Å²) in [6.45, 7) is 2.05. The number of anilines is 1. The molecule has 0 aliphatic rings. The zero-order valence-corrected chi connectivity index (χ0v) is 12.1. The molecule has 19 heavy (non-hydrogen) atoms. The number of nitrogens with two attached hydrogens (primary N) is 1. The van der Waals surface area contributed by atoms with Gasteiger partial charge in [0.25, 0.3) is 0 Å². The molecule has 0 aliphatic heterocycles. The fourth-order valence-corrected chi connectivity index (χ4v) is 2.75. The van der Waals surface area contributed by atoms with Gasteiger partial charge in [0, 0.05) is 9.86 Å². The average Bonchev–Trinajstić information content (AvgIpc) is 2.80. The van der Waals surface area contributed by atoms with E-state index in [-0.39, 0.29) is 0 Å². The molecule has 3 rings (SSSR count). The summed E-state index contributed by atoms with van der Waals surface area (Å²) in [6, 6.07) is 12.2. The van der Waals surface area contributed by atoms with Crippen LogP contribution in [0.2, 0.25) is 0 Å². The van der Waals surface area contributed by atoms with Crippen LogP contribution in [0.15, 0.2) is 40.9 Å². The largest absolute Gasteiger partial charge is 0.381 e. The molecule has 2 N–H and O–H groups in total. The first-order valence-electron chi connectivity index (χ1n) is 6.10. The molecule has 2 aromatic carbocycles. The Bertz CT molecular complexity index is 748. The zero-order chi connectivity index (χ0) is 13.4. The van der Waals surface area contributed by atoms with Crippen molar-refractivity contribution < 1.29 is 0 Å². The van der Waals surface area contributed by atoms with Gasteiger partial charge in [-0.1, -0.05) is 52.3 Å². The van der Waals surface area contributed by atoms with Gasteiger partial charge in [-0.15, -0.1) is 5.10 Å². The van der Waals surface area contributed by atoms with E-state index in [4.69, 9.17) is 5.73 Å². The van der Waals surface area contributed by atoms with Crippen molar-refractivity contribution in [1.82, 2.24) is 15.0 Å². The molecule has 0 amide bonds. The molecule has 0 radical (unpaired) electrons. The van der Waals surface area contributed by atoms with Crippen LogP contribution >= 0.6 is 15.9 Å². The van der Waals surface area contributed by atoms with Crippen molar-refractivity contribution >= 4 is 32.5 Å². The molecule has 5 heteroatoms. The monoisotopic (exact) mass is 316 g/mol. The maximum absolute atomic E-state index is 5.86. The quantitative estimate of drug-likeness (QED) is 0.789. The van der Waals surface area contributed by atoms with Crippen LogP contribution in [0.3, 0.4) is 0 Å². The second-order valence-corrected chi connectivity index (χ2v) is 5.15. The normalized spacial score (nSPS) is 11.1. The van der Waals surface area contributed by atoms with E-state index in [1.807, 2.05) is 35.9 Å². The van der Waals surface area contributed by atoms with Crippen molar-refractivity contribution in [2.24, 2.45) is 0 Å². The van der Waals surface area contributed by atoms with E-state index in [1.165, 1.54) is 0 Å². The molecule has 0 atom stereocenters. The van der Waals surface area contributed by atoms with Gasteiger partial charge in [-0.3, -0.25) is 0 Å². The van der Waals surface area contributed by atoms with Crippen LogP contribution in [0.1, 0.15) is 12.6 Å². The molecule has 3 aromatic rings. The standard InChI is InChI=1S/C14H13BrN4/c1-2-12-14(16)17-18-19(12)13-8-7-11(15)9-5-3-4-6-10(9)13/h3-8H,2,16H2,1H3. The lowest BCUT2D eigenvalue weighted by atomic mass is 10.1. The fraction of sp³-hybridized carbons (Fsp3) is 0.143. The molecule has 96 valence electrons. The van der Waals surface area contributed by atoms with Crippen LogP contribution < -0.4 is 5.73 Å². The Hall–Kier alpha value is -1.88. The van der Waals surface area contributed by atoms with Crippen molar-refractivity contribution in [3.63, 3.8) is 0 Å². The van der Waals surface area contributed by atoms with Gasteiger partial charge in [-0.05, 0) is 23.9 Å². The van der Waals surface area contributed by atoms with Gasteiger partial charge < -0.3 is 5.73 Å². The maximum Gasteiger partial charge on any atom is 0.169 e. The third kappa shape index (κ3) is 1.90. The average molecular weight is 317 g/mol. The van der Waals surface area contributed by atoms with E-state index in [0.717, 1.165) is 33.0 Å². The van der Waals surface area contributed by atoms with E-state index < -0.39 is 0 Å². The number of rotatable bonds is 2. The van der Waals surface area contributed by atoms with Gasteiger partial charge in [-0.25, -0.2) is 4.68 Å². The van der Waals surface area contributed by atoms with E-state index in [0.29, 0.717) is 5.82 Å². The third-order valence-corrected chi connectivity index (χ3v) is 3.90. The molecule has 0 saturated heterocycles. The van der Waals surface area contributed by atoms with Crippen molar-refractivity contribution in [3.05, 3.63) is 46.6 Å². The first-order chi connectivity index (χ1) is 9.22. The Morgan fingerprint density at radius 2 is 1.89 bits per heavy atom. The highest BCUT2D eigenvalue weighted by atomic mass is 79.9.